The van der Waals surface area contributed by atoms with Crippen LogP contribution in [0.1, 0.15) is 31.4 Å². The second kappa shape index (κ2) is 11.6. The molecule has 1 amide bonds. The molecule has 2 fully saturated rings. The summed E-state index contributed by atoms with van der Waals surface area (Å²) in [5.41, 5.74) is 3.11. The van der Waals surface area contributed by atoms with Crippen LogP contribution in [-0.4, -0.2) is 85.5 Å². The van der Waals surface area contributed by atoms with Gasteiger partial charge in [-0.25, -0.2) is 19.9 Å². The quantitative estimate of drug-likeness (QED) is 0.242. The Hall–Kier alpha value is -4.40. The lowest BCUT2D eigenvalue weighted by atomic mass is 10.1. The largest absolute Gasteiger partial charge is 0.471 e. The Morgan fingerprint density at radius 2 is 1.82 bits per heavy atom. The van der Waals surface area contributed by atoms with Gasteiger partial charge in [-0.1, -0.05) is 6.07 Å². The standard InChI is InChI=1S/C29H29F5N8O2/c1-17(41-8-10-42(11-9-41)26(43)18-2-3-18)19-6-7-35-24(13-19)40-27-38-21-5-4-20(12-23(21)39-27)22-14-25(37-16-36-22)44-15-28(30,31)29(32,33)34/h4-7,12-14,16-18H,2-3,8-11,15H2,1H3,(H2,35,38,39,40). The molecule has 1 unspecified atom stereocenters. The number of alkyl halides is 5. The Bertz CT molecular complexity index is 1650. The van der Waals surface area contributed by atoms with Crippen molar-refractivity contribution in [1.29, 1.82) is 0 Å². The van der Waals surface area contributed by atoms with Crippen molar-refractivity contribution >= 4 is 28.7 Å². The Morgan fingerprint density at radius 1 is 1.05 bits per heavy atom. The van der Waals surface area contributed by atoms with E-state index in [0.29, 0.717) is 28.4 Å². The Balaban J connectivity index is 1.11. The molecule has 1 aliphatic carbocycles. The summed E-state index contributed by atoms with van der Waals surface area (Å²) < 4.78 is 68.5. The lowest BCUT2D eigenvalue weighted by Gasteiger charge is -2.38. The van der Waals surface area contributed by atoms with Gasteiger partial charge in [0.2, 0.25) is 17.7 Å². The number of hydrogen-bond donors (Lipinski definition) is 2. The molecule has 6 rings (SSSR count). The monoisotopic (exact) mass is 616 g/mol. The van der Waals surface area contributed by atoms with E-state index < -0.39 is 24.6 Å². The van der Waals surface area contributed by atoms with Crippen LogP contribution in [0.5, 0.6) is 5.88 Å². The van der Waals surface area contributed by atoms with Crippen molar-refractivity contribution in [1.82, 2.24) is 34.7 Å². The average Bonchev–Trinajstić information content (AvgIpc) is 3.79. The van der Waals surface area contributed by atoms with E-state index >= 15 is 0 Å². The van der Waals surface area contributed by atoms with Crippen LogP contribution in [-0.2, 0) is 4.79 Å². The molecule has 1 aliphatic heterocycles. The van der Waals surface area contributed by atoms with Crippen molar-refractivity contribution in [3.63, 3.8) is 0 Å². The highest BCUT2D eigenvalue weighted by Crippen LogP contribution is 2.36. The highest BCUT2D eigenvalue weighted by atomic mass is 19.4. The average molecular weight is 617 g/mol. The van der Waals surface area contributed by atoms with Crippen LogP contribution in [0.2, 0.25) is 0 Å². The van der Waals surface area contributed by atoms with Crippen molar-refractivity contribution in [2.75, 3.05) is 38.1 Å². The van der Waals surface area contributed by atoms with Gasteiger partial charge in [0.05, 0.1) is 16.7 Å². The minimum absolute atomic E-state index is 0.122. The van der Waals surface area contributed by atoms with Gasteiger partial charge >= 0.3 is 12.1 Å². The second-order valence-corrected chi connectivity index (χ2v) is 11.0. The minimum atomic E-state index is -5.73. The molecule has 0 spiro atoms. The molecule has 0 radical (unpaired) electrons. The van der Waals surface area contributed by atoms with Crippen LogP contribution in [0.25, 0.3) is 22.3 Å². The van der Waals surface area contributed by atoms with Gasteiger partial charge in [-0.2, -0.15) is 22.0 Å². The van der Waals surface area contributed by atoms with Crippen LogP contribution in [0.15, 0.2) is 48.9 Å². The summed E-state index contributed by atoms with van der Waals surface area (Å²) in [6.45, 7) is 3.30. The predicted molar refractivity (Wildman–Crippen MR) is 150 cm³/mol. The minimum Gasteiger partial charge on any atom is -0.471 e. The third-order valence-electron chi connectivity index (χ3n) is 7.85. The topological polar surface area (TPSA) is 112 Å². The summed E-state index contributed by atoms with van der Waals surface area (Å²) in [6.07, 6.45) is -0.970. The lowest BCUT2D eigenvalue weighted by molar-refractivity contribution is -0.290. The SMILES string of the molecule is CC(c1ccnc(Nc2nc3ccc(-c4cc(OCC(F)(F)C(F)(F)F)ncn4)cc3[nH]2)c1)N1CCN(C(=O)C2CC2)CC1. The van der Waals surface area contributed by atoms with Crippen LogP contribution < -0.4 is 10.1 Å². The first-order valence-electron chi connectivity index (χ1n) is 14.1. The third-order valence-corrected chi connectivity index (χ3v) is 7.85. The maximum atomic E-state index is 13.3. The number of carbonyl (C=O) groups is 1. The summed E-state index contributed by atoms with van der Waals surface area (Å²) in [7, 11) is 0. The van der Waals surface area contributed by atoms with E-state index in [9.17, 15) is 26.7 Å². The van der Waals surface area contributed by atoms with Gasteiger partial charge in [-0.15, -0.1) is 0 Å². The second-order valence-electron chi connectivity index (χ2n) is 11.0. The van der Waals surface area contributed by atoms with Crippen LogP contribution >= 0.6 is 0 Å². The van der Waals surface area contributed by atoms with E-state index in [4.69, 9.17) is 0 Å². The predicted octanol–water partition coefficient (Wildman–Crippen LogP) is 5.35. The number of hydrogen-bond acceptors (Lipinski definition) is 8. The summed E-state index contributed by atoms with van der Waals surface area (Å²) >= 11 is 0. The Labute approximate surface area is 248 Å². The van der Waals surface area contributed by atoms with Crippen molar-refractivity contribution in [3.05, 3.63) is 54.5 Å². The zero-order valence-electron chi connectivity index (χ0n) is 23.6. The molecule has 15 heteroatoms. The number of nitrogens with zero attached hydrogens (tertiary/aromatic N) is 6. The maximum absolute atomic E-state index is 13.3. The fourth-order valence-electron chi connectivity index (χ4n) is 5.08. The molecule has 1 aromatic carbocycles. The lowest BCUT2D eigenvalue weighted by Crippen LogP contribution is -2.49. The number of carbonyl (C=O) groups excluding carboxylic acids is 1. The van der Waals surface area contributed by atoms with Gasteiger partial charge in [0.1, 0.15) is 12.1 Å². The number of aromatic amines is 1. The first-order valence-corrected chi connectivity index (χ1v) is 14.1. The van der Waals surface area contributed by atoms with Crippen molar-refractivity contribution < 1.29 is 31.5 Å². The molecule has 1 atom stereocenters. The van der Waals surface area contributed by atoms with E-state index in [1.807, 2.05) is 17.0 Å². The number of piperazine rings is 1. The number of aromatic nitrogens is 5. The van der Waals surface area contributed by atoms with Crippen molar-refractivity contribution in [2.45, 2.75) is 37.9 Å². The zero-order chi connectivity index (χ0) is 31.1. The number of H-pyrrole nitrogens is 1. The van der Waals surface area contributed by atoms with Gasteiger partial charge in [0.15, 0.2) is 6.61 Å². The van der Waals surface area contributed by atoms with E-state index in [0.717, 1.165) is 50.9 Å². The number of fused-ring (bicyclic) bond motifs is 1. The highest BCUT2D eigenvalue weighted by molar-refractivity contribution is 5.83. The Kier molecular flexibility index (Phi) is 7.82. The number of halogens is 5. The highest BCUT2D eigenvalue weighted by Gasteiger charge is 2.58. The van der Waals surface area contributed by atoms with Gasteiger partial charge in [0.25, 0.3) is 0 Å². The smallest absolute Gasteiger partial charge is 0.456 e. The van der Waals surface area contributed by atoms with Crippen LogP contribution in [0, 0.1) is 5.92 Å². The molecule has 2 aliphatic rings. The fourth-order valence-corrected chi connectivity index (χ4v) is 5.08. The first-order chi connectivity index (χ1) is 21.0. The van der Waals surface area contributed by atoms with E-state index in [1.54, 1.807) is 24.4 Å². The third kappa shape index (κ3) is 6.42. The number of imidazole rings is 1. The van der Waals surface area contributed by atoms with Gasteiger partial charge in [-0.05, 0) is 49.6 Å². The van der Waals surface area contributed by atoms with Crippen molar-refractivity contribution in [2.24, 2.45) is 5.92 Å². The molecule has 1 saturated carbocycles. The number of nitrogens with one attached hydrogen (secondary N) is 2. The number of amides is 1. The molecule has 10 nitrogen and oxygen atoms in total. The molecule has 44 heavy (non-hydrogen) atoms. The summed E-state index contributed by atoms with van der Waals surface area (Å²) in [6, 6.07) is 10.3. The Morgan fingerprint density at radius 3 is 2.55 bits per heavy atom. The summed E-state index contributed by atoms with van der Waals surface area (Å²) in [5, 5.41) is 3.19. The summed E-state index contributed by atoms with van der Waals surface area (Å²) in [4.78, 5) is 36.6. The van der Waals surface area contributed by atoms with Gasteiger partial charge in [0, 0.05) is 56.0 Å². The maximum Gasteiger partial charge on any atom is 0.456 e. The molecule has 0 bridgehead atoms. The number of anilines is 2. The number of pyridine rings is 1. The normalized spacial score (nSPS) is 17.1. The van der Waals surface area contributed by atoms with Crippen LogP contribution in [0.4, 0.5) is 33.7 Å². The fraction of sp³-hybridized carbons (Fsp3) is 0.414. The summed E-state index contributed by atoms with van der Waals surface area (Å²) in [5.74, 6) is -3.90. The molecule has 232 valence electrons. The van der Waals surface area contributed by atoms with Crippen LogP contribution in [0.3, 0.4) is 0 Å². The van der Waals surface area contributed by atoms with E-state index in [1.165, 1.54) is 6.07 Å². The van der Waals surface area contributed by atoms with E-state index in [-0.39, 0.29) is 23.6 Å². The van der Waals surface area contributed by atoms with E-state index in [2.05, 4.69) is 46.8 Å². The molecule has 1 saturated heterocycles. The molecular formula is C29H29F5N8O2. The first kappa shape index (κ1) is 29.7. The zero-order valence-corrected chi connectivity index (χ0v) is 23.6. The van der Waals surface area contributed by atoms with Crippen molar-refractivity contribution in [3.8, 4) is 17.1 Å². The number of ether oxygens (including phenoxy) is 1. The molecule has 4 aromatic rings. The molecule has 3 aromatic heterocycles. The number of rotatable bonds is 9. The van der Waals surface area contributed by atoms with Gasteiger partial charge in [-0.3, -0.25) is 9.69 Å². The molecular weight excluding hydrogens is 587 g/mol. The van der Waals surface area contributed by atoms with Gasteiger partial charge < -0.3 is 19.9 Å². The molecule has 4 heterocycles. The number of benzene rings is 1. The molecule has 2 N–H and O–H groups in total.